The maximum absolute atomic E-state index is 11.1. The molecule has 0 atom stereocenters. The quantitative estimate of drug-likeness (QED) is 0.501. The second kappa shape index (κ2) is 7.57. The van der Waals surface area contributed by atoms with Gasteiger partial charge < -0.3 is 4.74 Å². The van der Waals surface area contributed by atoms with Crippen molar-refractivity contribution in [2.24, 2.45) is 5.10 Å². The van der Waals surface area contributed by atoms with Gasteiger partial charge in [0.1, 0.15) is 6.61 Å². The van der Waals surface area contributed by atoms with E-state index < -0.39 is 0 Å². The Morgan fingerprint density at radius 1 is 1.21 bits per heavy atom. The second-order valence-corrected chi connectivity index (χ2v) is 6.69. The number of carbonyl (C=O) groups is 1. The van der Waals surface area contributed by atoms with Crippen molar-refractivity contribution in [1.29, 1.82) is 0 Å². The molecular weight excluding hydrogens is 322 g/mol. The highest BCUT2D eigenvalue weighted by Crippen LogP contribution is 2.26. The summed E-state index contributed by atoms with van der Waals surface area (Å²) in [6.45, 7) is 11.9. The zero-order valence-corrected chi connectivity index (χ0v) is 15.8. The number of nitrogens with one attached hydrogen (secondary N) is 1. The Morgan fingerprint density at radius 3 is 2.33 bits per heavy atom. The average molecular weight is 345 g/mol. The Balaban J connectivity index is 2.28. The number of carbonyl (C=O) groups excluding carboxylic acids is 1. The number of anilines is 1. The molecule has 5 nitrogen and oxygen atoms in total. The van der Waals surface area contributed by atoms with E-state index in [2.05, 4.69) is 43.2 Å². The third-order valence-corrected chi connectivity index (χ3v) is 5.10. The summed E-state index contributed by atoms with van der Waals surface area (Å²) < 4.78 is 5.19. The molecule has 2 aromatic rings. The predicted octanol–water partition coefficient (Wildman–Crippen LogP) is 4.19. The Bertz CT molecular complexity index is 765. The van der Waals surface area contributed by atoms with Crippen LogP contribution in [0.4, 0.5) is 5.13 Å². The van der Waals surface area contributed by atoms with Crippen LogP contribution in [0.25, 0.3) is 0 Å². The highest BCUT2D eigenvalue weighted by atomic mass is 32.1. The van der Waals surface area contributed by atoms with Crippen molar-refractivity contribution in [3.63, 3.8) is 0 Å². The van der Waals surface area contributed by atoms with E-state index in [1.54, 1.807) is 0 Å². The van der Waals surface area contributed by atoms with Crippen molar-refractivity contribution in [2.75, 3.05) is 5.43 Å². The first-order valence-electron chi connectivity index (χ1n) is 7.75. The van der Waals surface area contributed by atoms with Gasteiger partial charge in [-0.1, -0.05) is 0 Å². The van der Waals surface area contributed by atoms with E-state index in [1.165, 1.54) is 18.3 Å². The van der Waals surface area contributed by atoms with Crippen LogP contribution in [0.5, 0.6) is 0 Å². The van der Waals surface area contributed by atoms with E-state index in [9.17, 15) is 4.79 Å². The summed E-state index contributed by atoms with van der Waals surface area (Å²) in [5.74, 6) is -0.266. The van der Waals surface area contributed by atoms with Gasteiger partial charge in [-0.2, -0.15) is 5.10 Å². The Hall–Kier alpha value is -2.21. The molecule has 1 N–H and O–H groups in total. The fraction of sp³-hybridized carbons (Fsp3) is 0.389. The number of thiazole rings is 1. The van der Waals surface area contributed by atoms with Crippen LogP contribution < -0.4 is 5.43 Å². The van der Waals surface area contributed by atoms with Gasteiger partial charge in [-0.25, -0.2) is 4.98 Å². The molecule has 24 heavy (non-hydrogen) atoms. The van der Waals surface area contributed by atoms with Gasteiger partial charge in [0.2, 0.25) is 5.13 Å². The van der Waals surface area contributed by atoms with Gasteiger partial charge in [0.05, 0.1) is 11.9 Å². The van der Waals surface area contributed by atoms with E-state index in [1.807, 2.05) is 18.5 Å². The third-order valence-electron chi connectivity index (χ3n) is 4.23. The zero-order chi connectivity index (χ0) is 17.9. The Kier molecular flexibility index (Phi) is 5.72. The molecule has 0 aliphatic carbocycles. The van der Waals surface area contributed by atoms with E-state index >= 15 is 0 Å². The minimum atomic E-state index is -0.266. The molecule has 1 heterocycles. The van der Waals surface area contributed by atoms with Crippen molar-refractivity contribution >= 4 is 28.7 Å². The normalized spacial score (nSPS) is 11.1. The summed E-state index contributed by atoms with van der Waals surface area (Å²) in [5, 5.41) is 7.08. The molecule has 0 fully saturated rings. The second-order valence-electron chi connectivity index (χ2n) is 5.84. The first-order valence-corrected chi connectivity index (χ1v) is 8.63. The van der Waals surface area contributed by atoms with Gasteiger partial charge in [0.15, 0.2) is 0 Å². The van der Waals surface area contributed by atoms with Crippen molar-refractivity contribution < 1.29 is 9.53 Å². The van der Waals surface area contributed by atoms with Crippen LogP contribution >= 0.6 is 11.3 Å². The number of esters is 1. The van der Waals surface area contributed by atoms with Crippen LogP contribution in [0.2, 0.25) is 0 Å². The summed E-state index contributed by atoms with van der Waals surface area (Å²) >= 11 is 1.53. The molecule has 1 aromatic heterocycles. The lowest BCUT2D eigenvalue weighted by Crippen LogP contribution is -2.08. The standard InChI is InChI=1S/C18H23N3O2S/c1-10-9-24-18(20-10)21-19-7-16-11(2)13(4)17(8-23-15(6)22)14(5)12(16)3/h7,9H,8H2,1-6H3,(H,20,21). The lowest BCUT2D eigenvalue weighted by Gasteiger charge is -2.18. The van der Waals surface area contributed by atoms with Gasteiger partial charge in [-0.05, 0) is 62.4 Å². The number of ether oxygens (including phenoxy) is 1. The molecule has 2 rings (SSSR count). The predicted molar refractivity (Wildman–Crippen MR) is 98.9 cm³/mol. The summed E-state index contributed by atoms with van der Waals surface area (Å²) in [7, 11) is 0. The first-order chi connectivity index (χ1) is 11.3. The molecule has 0 spiro atoms. The number of nitrogens with zero attached hydrogens (tertiary/aromatic N) is 2. The molecule has 0 amide bonds. The Labute approximate surface area is 146 Å². The molecular formula is C18H23N3O2S. The van der Waals surface area contributed by atoms with E-state index in [0.717, 1.165) is 44.2 Å². The maximum atomic E-state index is 11.1. The van der Waals surface area contributed by atoms with Crippen molar-refractivity contribution in [3.8, 4) is 0 Å². The minimum absolute atomic E-state index is 0.266. The smallest absolute Gasteiger partial charge is 0.302 e. The van der Waals surface area contributed by atoms with Crippen molar-refractivity contribution in [1.82, 2.24) is 4.98 Å². The summed E-state index contributed by atoms with van der Waals surface area (Å²) in [6, 6.07) is 0. The fourth-order valence-corrected chi connectivity index (χ4v) is 3.20. The van der Waals surface area contributed by atoms with Gasteiger partial charge in [-0.3, -0.25) is 10.2 Å². The molecule has 0 unspecified atom stereocenters. The van der Waals surface area contributed by atoms with Crippen LogP contribution in [-0.2, 0) is 16.1 Å². The summed E-state index contributed by atoms with van der Waals surface area (Å²) in [6.07, 6.45) is 1.83. The fourth-order valence-electron chi connectivity index (χ4n) is 2.56. The summed E-state index contributed by atoms with van der Waals surface area (Å²) in [4.78, 5) is 15.4. The number of hydrogen-bond acceptors (Lipinski definition) is 6. The van der Waals surface area contributed by atoms with E-state index in [4.69, 9.17) is 4.74 Å². The number of rotatable bonds is 5. The number of benzene rings is 1. The highest BCUT2D eigenvalue weighted by molar-refractivity contribution is 7.13. The molecule has 0 aliphatic heterocycles. The van der Waals surface area contributed by atoms with Crippen LogP contribution in [0.1, 0.15) is 46.0 Å². The lowest BCUT2D eigenvalue weighted by molar-refractivity contribution is -0.142. The largest absolute Gasteiger partial charge is 0.461 e. The summed E-state index contributed by atoms with van der Waals surface area (Å²) in [5.41, 5.74) is 10.6. The topological polar surface area (TPSA) is 63.6 Å². The van der Waals surface area contributed by atoms with Crippen molar-refractivity contribution in [2.45, 2.75) is 48.1 Å². The van der Waals surface area contributed by atoms with Gasteiger partial charge in [0.25, 0.3) is 0 Å². The molecule has 0 saturated carbocycles. The van der Waals surface area contributed by atoms with Gasteiger partial charge >= 0.3 is 5.97 Å². The number of aromatic nitrogens is 1. The van der Waals surface area contributed by atoms with Gasteiger partial charge in [-0.15, -0.1) is 11.3 Å². The molecule has 0 bridgehead atoms. The molecule has 1 aromatic carbocycles. The van der Waals surface area contributed by atoms with E-state index in [-0.39, 0.29) is 5.97 Å². The van der Waals surface area contributed by atoms with Crippen LogP contribution in [-0.4, -0.2) is 17.2 Å². The number of hydrogen-bond donors (Lipinski definition) is 1. The first kappa shape index (κ1) is 18.1. The molecule has 0 aliphatic rings. The van der Waals surface area contributed by atoms with Crippen LogP contribution in [0.3, 0.4) is 0 Å². The van der Waals surface area contributed by atoms with Gasteiger partial charge in [0, 0.05) is 17.9 Å². The number of hydrazone groups is 1. The van der Waals surface area contributed by atoms with Crippen LogP contribution in [0.15, 0.2) is 10.5 Å². The van der Waals surface area contributed by atoms with E-state index in [0.29, 0.717) is 6.61 Å². The molecule has 128 valence electrons. The molecule has 6 heteroatoms. The monoisotopic (exact) mass is 345 g/mol. The minimum Gasteiger partial charge on any atom is -0.461 e. The van der Waals surface area contributed by atoms with Crippen molar-refractivity contribution in [3.05, 3.63) is 44.5 Å². The number of aryl methyl sites for hydroxylation is 1. The highest BCUT2D eigenvalue weighted by Gasteiger charge is 2.14. The average Bonchev–Trinajstić information content (AvgIpc) is 2.94. The maximum Gasteiger partial charge on any atom is 0.302 e. The lowest BCUT2D eigenvalue weighted by atomic mass is 9.89. The molecule has 0 saturated heterocycles. The SMILES string of the molecule is CC(=O)OCc1c(C)c(C)c(C=NNc2nc(C)cs2)c(C)c1C. The van der Waals surface area contributed by atoms with Crippen LogP contribution in [0, 0.1) is 34.6 Å². The Morgan fingerprint density at radius 2 is 1.83 bits per heavy atom. The molecule has 0 radical (unpaired) electrons. The third kappa shape index (κ3) is 4.00. The zero-order valence-electron chi connectivity index (χ0n) is 15.0.